The van der Waals surface area contributed by atoms with Crippen LogP contribution in [0.1, 0.15) is 27.0 Å². The number of rotatable bonds is 3. The van der Waals surface area contributed by atoms with Crippen molar-refractivity contribution in [2.75, 3.05) is 0 Å². The lowest BCUT2D eigenvalue weighted by molar-refractivity contribution is 0.112. The van der Waals surface area contributed by atoms with Crippen molar-refractivity contribution in [2.45, 2.75) is 20.8 Å². The Labute approximate surface area is 121 Å². The van der Waals surface area contributed by atoms with Crippen LogP contribution < -0.4 is 4.74 Å². The molecule has 0 bridgehead atoms. The minimum Gasteiger partial charge on any atom is -0.457 e. The first kappa shape index (κ1) is 13.8. The Bertz CT molecular complexity index is 633. The van der Waals surface area contributed by atoms with E-state index in [1.165, 1.54) is 5.56 Å². The zero-order valence-corrected chi connectivity index (χ0v) is 12.7. The summed E-state index contributed by atoms with van der Waals surface area (Å²) in [6, 6.07) is 9.49. The van der Waals surface area contributed by atoms with Crippen LogP contribution in [0.15, 0.2) is 34.8 Å². The molecule has 0 aliphatic rings. The second kappa shape index (κ2) is 5.57. The third kappa shape index (κ3) is 2.87. The number of hydrogen-bond donors (Lipinski definition) is 0. The second-order valence-electron chi connectivity index (χ2n) is 4.56. The molecule has 3 heteroatoms. The van der Waals surface area contributed by atoms with Crippen molar-refractivity contribution < 1.29 is 9.53 Å². The Balaban J connectivity index is 2.39. The highest BCUT2D eigenvalue weighted by molar-refractivity contribution is 9.10. The Morgan fingerprint density at radius 2 is 1.74 bits per heavy atom. The summed E-state index contributed by atoms with van der Waals surface area (Å²) in [5.41, 5.74) is 4.04. The summed E-state index contributed by atoms with van der Waals surface area (Å²) in [6.07, 6.45) is 0.816. The molecule has 0 spiro atoms. The predicted molar refractivity (Wildman–Crippen MR) is 80.3 cm³/mol. The summed E-state index contributed by atoms with van der Waals surface area (Å²) in [7, 11) is 0. The summed E-state index contributed by atoms with van der Waals surface area (Å²) in [5, 5.41) is 0. The minimum atomic E-state index is 0.616. The zero-order valence-electron chi connectivity index (χ0n) is 11.2. The Kier molecular flexibility index (Phi) is 4.05. The molecule has 0 atom stereocenters. The van der Waals surface area contributed by atoms with Gasteiger partial charge in [-0.1, -0.05) is 12.1 Å². The SMILES string of the molecule is Cc1ccc(C)c(Oc2ccc(C=O)c(Br)c2)c1C. The summed E-state index contributed by atoms with van der Waals surface area (Å²) in [6.45, 7) is 6.14. The molecule has 0 unspecified atom stereocenters. The van der Waals surface area contributed by atoms with Gasteiger partial charge in [0.15, 0.2) is 6.29 Å². The fourth-order valence-electron chi connectivity index (χ4n) is 1.87. The van der Waals surface area contributed by atoms with Gasteiger partial charge < -0.3 is 4.74 Å². The van der Waals surface area contributed by atoms with Gasteiger partial charge in [0.25, 0.3) is 0 Å². The Morgan fingerprint density at radius 1 is 1.05 bits per heavy atom. The summed E-state index contributed by atoms with van der Waals surface area (Å²) in [4.78, 5) is 10.8. The van der Waals surface area contributed by atoms with Crippen molar-refractivity contribution in [1.82, 2.24) is 0 Å². The van der Waals surface area contributed by atoms with Gasteiger partial charge in [-0.2, -0.15) is 0 Å². The molecule has 0 fully saturated rings. The molecule has 0 heterocycles. The number of carbonyl (C=O) groups excluding carboxylic acids is 1. The van der Waals surface area contributed by atoms with Crippen LogP contribution in [0.4, 0.5) is 0 Å². The highest BCUT2D eigenvalue weighted by Crippen LogP contribution is 2.32. The van der Waals surface area contributed by atoms with Crippen molar-refractivity contribution in [2.24, 2.45) is 0 Å². The van der Waals surface area contributed by atoms with Gasteiger partial charge in [-0.05, 0) is 71.6 Å². The van der Waals surface area contributed by atoms with E-state index < -0.39 is 0 Å². The molecule has 2 aromatic carbocycles. The first-order chi connectivity index (χ1) is 9.02. The van der Waals surface area contributed by atoms with E-state index in [2.05, 4.69) is 28.9 Å². The number of halogens is 1. The van der Waals surface area contributed by atoms with Crippen LogP contribution in [0.2, 0.25) is 0 Å². The smallest absolute Gasteiger partial charge is 0.151 e. The van der Waals surface area contributed by atoms with E-state index in [-0.39, 0.29) is 0 Å². The molecule has 19 heavy (non-hydrogen) atoms. The Morgan fingerprint density at radius 3 is 2.37 bits per heavy atom. The molecule has 0 aromatic heterocycles. The quantitative estimate of drug-likeness (QED) is 0.746. The molecular weight excluding hydrogens is 304 g/mol. The maximum atomic E-state index is 10.8. The van der Waals surface area contributed by atoms with E-state index in [0.29, 0.717) is 11.3 Å². The maximum Gasteiger partial charge on any atom is 0.151 e. The van der Waals surface area contributed by atoms with Crippen LogP contribution in [0, 0.1) is 20.8 Å². The monoisotopic (exact) mass is 318 g/mol. The standard InChI is InChI=1S/C16H15BrO2/c1-10-4-5-11(2)16(12(10)3)19-14-7-6-13(9-18)15(17)8-14/h4-9H,1-3H3. The van der Waals surface area contributed by atoms with E-state index in [4.69, 9.17) is 4.74 Å². The van der Waals surface area contributed by atoms with Gasteiger partial charge in [-0.3, -0.25) is 4.79 Å². The fourth-order valence-corrected chi connectivity index (χ4v) is 2.32. The van der Waals surface area contributed by atoms with Gasteiger partial charge in [0, 0.05) is 10.0 Å². The predicted octanol–water partition coefficient (Wildman–Crippen LogP) is 4.98. The molecule has 0 aliphatic heterocycles. The molecule has 0 radical (unpaired) electrons. The Hall–Kier alpha value is -1.61. The van der Waals surface area contributed by atoms with E-state index in [9.17, 15) is 4.79 Å². The largest absolute Gasteiger partial charge is 0.457 e. The van der Waals surface area contributed by atoms with Gasteiger partial charge in [-0.15, -0.1) is 0 Å². The van der Waals surface area contributed by atoms with Crippen LogP contribution in [0.5, 0.6) is 11.5 Å². The average molecular weight is 319 g/mol. The lowest BCUT2D eigenvalue weighted by Crippen LogP contribution is -1.94. The molecule has 0 amide bonds. The normalized spacial score (nSPS) is 10.3. The van der Waals surface area contributed by atoms with Gasteiger partial charge in [0.1, 0.15) is 11.5 Å². The number of benzene rings is 2. The lowest BCUT2D eigenvalue weighted by Gasteiger charge is -2.14. The molecule has 0 saturated carbocycles. The number of hydrogen-bond acceptors (Lipinski definition) is 2. The van der Waals surface area contributed by atoms with Crippen molar-refractivity contribution in [3.05, 3.63) is 57.1 Å². The second-order valence-corrected chi connectivity index (χ2v) is 5.41. The van der Waals surface area contributed by atoms with Crippen LogP contribution >= 0.6 is 15.9 Å². The summed E-state index contributed by atoms with van der Waals surface area (Å²) < 4.78 is 6.69. The lowest BCUT2D eigenvalue weighted by atomic mass is 10.1. The van der Waals surface area contributed by atoms with Crippen molar-refractivity contribution in [3.8, 4) is 11.5 Å². The van der Waals surface area contributed by atoms with Gasteiger partial charge >= 0.3 is 0 Å². The van der Waals surface area contributed by atoms with Crippen LogP contribution in [-0.2, 0) is 0 Å². The number of aryl methyl sites for hydroxylation is 2. The number of aldehydes is 1. The molecule has 0 N–H and O–H groups in total. The molecular formula is C16H15BrO2. The molecule has 98 valence electrons. The maximum absolute atomic E-state index is 10.8. The molecule has 0 aliphatic carbocycles. The minimum absolute atomic E-state index is 0.616. The average Bonchev–Trinajstić information content (AvgIpc) is 2.39. The van der Waals surface area contributed by atoms with Crippen molar-refractivity contribution in [1.29, 1.82) is 0 Å². The number of carbonyl (C=O) groups is 1. The summed E-state index contributed by atoms with van der Waals surface area (Å²) in [5.74, 6) is 1.60. The highest BCUT2D eigenvalue weighted by Gasteiger charge is 2.09. The highest BCUT2D eigenvalue weighted by atomic mass is 79.9. The van der Waals surface area contributed by atoms with Crippen LogP contribution in [0.3, 0.4) is 0 Å². The topological polar surface area (TPSA) is 26.3 Å². The van der Waals surface area contributed by atoms with Gasteiger partial charge in [0.05, 0.1) is 0 Å². The fraction of sp³-hybridized carbons (Fsp3) is 0.188. The third-order valence-electron chi connectivity index (χ3n) is 3.19. The third-order valence-corrected chi connectivity index (χ3v) is 3.88. The van der Waals surface area contributed by atoms with E-state index in [1.807, 2.05) is 26.0 Å². The van der Waals surface area contributed by atoms with Gasteiger partial charge in [-0.25, -0.2) is 0 Å². The molecule has 2 aromatic rings. The molecule has 2 rings (SSSR count). The van der Waals surface area contributed by atoms with Crippen LogP contribution in [0.25, 0.3) is 0 Å². The molecule has 2 nitrogen and oxygen atoms in total. The van der Waals surface area contributed by atoms with Crippen molar-refractivity contribution >= 4 is 22.2 Å². The summed E-state index contributed by atoms with van der Waals surface area (Å²) >= 11 is 3.36. The first-order valence-electron chi connectivity index (χ1n) is 6.02. The van der Waals surface area contributed by atoms with Crippen LogP contribution in [-0.4, -0.2) is 6.29 Å². The van der Waals surface area contributed by atoms with E-state index in [1.54, 1.807) is 12.1 Å². The van der Waals surface area contributed by atoms with E-state index in [0.717, 1.165) is 27.6 Å². The van der Waals surface area contributed by atoms with Gasteiger partial charge in [0.2, 0.25) is 0 Å². The van der Waals surface area contributed by atoms with Crippen molar-refractivity contribution in [3.63, 3.8) is 0 Å². The number of ether oxygens (including phenoxy) is 1. The van der Waals surface area contributed by atoms with E-state index >= 15 is 0 Å². The molecule has 0 saturated heterocycles. The first-order valence-corrected chi connectivity index (χ1v) is 6.81. The zero-order chi connectivity index (χ0) is 14.0.